The van der Waals surface area contributed by atoms with E-state index in [1.807, 2.05) is 13.0 Å². The van der Waals surface area contributed by atoms with Crippen molar-refractivity contribution in [1.29, 1.82) is 0 Å². The Morgan fingerprint density at radius 2 is 2.10 bits per heavy atom. The van der Waals surface area contributed by atoms with Crippen LogP contribution in [0.15, 0.2) is 16.3 Å². The third-order valence-electron chi connectivity index (χ3n) is 3.74. The van der Waals surface area contributed by atoms with Crippen LogP contribution in [0.1, 0.15) is 50.8 Å². The van der Waals surface area contributed by atoms with Crippen LogP contribution >= 0.6 is 11.3 Å². The Balaban J connectivity index is 1.90. The summed E-state index contributed by atoms with van der Waals surface area (Å²) >= 11 is 1.39. The summed E-state index contributed by atoms with van der Waals surface area (Å²) in [5.74, 6) is 0. The van der Waals surface area contributed by atoms with Crippen LogP contribution in [0.3, 0.4) is 0 Å². The SMILES string of the molecule is CCCC(CC)NS(=O)(=O)c1ccc(CCNC2CC2)s1. The minimum atomic E-state index is -3.35. The molecule has 1 aliphatic carbocycles. The molecule has 1 atom stereocenters. The van der Waals surface area contributed by atoms with Crippen LogP contribution in [0.25, 0.3) is 0 Å². The highest BCUT2D eigenvalue weighted by atomic mass is 32.2. The molecule has 120 valence electrons. The summed E-state index contributed by atoms with van der Waals surface area (Å²) in [4.78, 5) is 1.13. The molecule has 6 heteroatoms. The summed E-state index contributed by atoms with van der Waals surface area (Å²) in [6, 6.07) is 4.42. The monoisotopic (exact) mass is 330 g/mol. The molecule has 4 nitrogen and oxygen atoms in total. The van der Waals surface area contributed by atoms with Gasteiger partial charge < -0.3 is 5.32 Å². The van der Waals surface area contributed by atoms with Gasteiger partial charge in [-0.15, -0.1) is 11.3 Å². The first-order chi connectivity index (χ1) is 10.0. The number of sulfonamides is 1. The van der Waals surface area contributed by atoms with E-state index < -0.39 is 10.0 Å². The van der Waals surface area contributed by atoms with E-state index in [4.69, 9.17) is 0 Å². The molecule has 1 aromatic rings. The average Bonchev–Trinajstić information content (AvgIpc) is 3.13. The standard InChI is InChI=1S/C15H26N2O2S2/c1-3-5-12(4-2)17-21(18,19)15-9-8-14(20-15)10-11-16-13-6-7-13/h8-9,12-13,16-17H,3-7,10-11H2,1-2H3. The van der Waals surface area contributed by atoms with Crippen LogP contribution in [0, 0.1) is 0 Å². The van der Waals surface area contributed by atoms with Crippen molar-refractivity contribution in [1.82, 2.24) is 10.0 Å². The van der Waals surface area contributed by atoms with Gasteiger partial charge in [0.25, 0.3) is 0 Å². The molecule has 0 bridgehead atoms. The van der Waals surface area contributed by atoms with Crippen LogP contribution < -0.4 is 10.0 Å². The normalized spacial score (nSPS) is 17.0. The topological polar surface area (TPSA) is 58.2 Å². The maximum absolute atomic E-state index is 12.4. The minimum Gasteiger partial charge on any atom is -0.314 e. The van der Waals surface area contributed by atoms with Gasteiger partial charge in [0.05, 0.1) is 0 Å². The van der Waals surface area contributed by atoms with E-state index in [1.54, 1.807) is 6.07 Å². The minimum absolute atomic E-state index is 0.0436. The van der Waals surface area contributed by atoms with Gasteiger partial charge in [-0.05, 0) is 44.2 Å². The molecular formula is C15H26N2O2S2. The lowest BCUT2D eigenvalue weighted by Gasteiger charge is -2.15. The van der Waals surface area contributed by atoms with Gasteiger partial charge in [-0.3, -0.25) is 0 Å². The fraction of sp³-hybridized carbons (Fsp3) is 0.733. The molecule has 2 N–H and O–H groups in total. The molecule has 0 aliphatic heterocycles. The number of rotatable bonds is 10. The Labute approximate surface area is 132 Å². The van der Waals surface area contributed by atoms with Crippen molar-refractivity contribution in [2.75, 3.05) is 6.54 Å². The van der Waals surface area contributed by atoms with Crippen LogP contribution in [0.5, 0.6) is 0 Å². The van der Waals surface area contributed by atoms with E-state index in [1.165, 1.54) is 24.2 Å². The maximum atomic E-state index is 12.4. The van der Waals surface area contributed by atoms with E-state index in [0.717, 1.165) is 37.1 Å². The molecular weight excluding hydrogens is 304 g/mol. The van der Waals surface area contributed by atoms with Gasteiger partial charge in [0, 0.05) is 23.5 Å². The Bertz CT molecular complexity index is 536. The van der Waals surface area contributed by atoms with Crippen LogP contribution in [0.4, 0.5) is 0 Å². The zero-order chi connectivity index (χ0) is 15.3. The summed E-state index contributed by atoms with van der Waals surface area (Å²) in [6.07, 6.45) is 6.18. The summed E-state index contributed by atoms with van der Waals surface area (Å²) in [5, 5.41) is 3.45. The van der Waals surface area contributed by atoms with Crippen molar-refractivity contribution in [3.8, 4) is 0 Å². The highest BCUT2D eigenvalue weighted by molar-refractivity contribution is 7.91. The number of hydrogen-bond donors (Lipinski definition) is 2. The highest BCUT2D eigenvalue weighted by Crippen LogP contribution is 2.23. The van der Waals surface area contributed by atoms with Crippen molar-refractivity contribution in [3.63, 3.8) is 0 Å². The second-order valence-electron chi connectivity index (χ2n) is 5.71. The molecule has 1 aromatic heterocycles. The zero-order valence-corrected chi connectivity index (χ0v) is 14.5. The largest absolute Gasteiger partial charge is 0.314 e. The van der Waals surface area contributed by atoms with Gasteiger partial charge in [-0.25, -0.2) is 13.1 Å². The number of nitrogens with one attached hydrogen (secondary N) is 2. The summed E-state index contributed by atoms with van der Waals surface area (Å²) in [5.41, 5.74) is 0. The zero-order valence-electron chi connectivity index (χ0n) is 12.9. The first kappa shape index (κ1) is 16.9. The summed E-state index contributed by atoms with van der Waals surface area (Å²) in [7, 11) is -3.35. The lowest BCUT2D eigenvalue weighted by atomic mass is 10.1. The van der Waals surface area contributed by atoms with E-state index >= 15 is 0 Å². The van der Waals surface area contributed by atoms with Gasteiger partial charge in [0.15, 0.2) is 0 Å². The van der Waals surface area contributed by atoms with Crippen LogP contribution in [-0.4, -0.2) is 27.0 Å². The molecule has 21 heavy (non-hydrogen) atoms. The second kappa shape index (κ2) is 7.72. The molecule has 0 amide bonds. The van der Waals surface area contributed by atoms with Crippen LogP contribution in [-0.2, 0) is 16.4 Å². The summed E-state index contributed by atoms with van der Waals surface area (Å²) in [6.45, 7) is 5.03. The molecule has 0 radical (unpaired) electrons. The number of thiophene rings is 1. The predicted molar refractivity (Wildman–Crippen MR) is 88.4 cm³/mol. The molecule has 1 unspecified atom stereocenters. The Morgan fingerprint density at radius 1 is 1.33 bits per heavy atom. The first-order valence-electron chi connectivity index (χ1n) is 7.89. The molecule has 1 aliphatic rings. The van der Waals surface area contributed by atoms with E-state index in [0.29, 0.717) is 10.3 Å². The lowest BCUT2D eigenvalue weighted by molar-refractivity contribution is 0.513. The van der Waals surface area contributed by atoms with Gasteiger partial charge in [-0.1, -0.05) is 20.3 Å². The van der Waals surface area contributed by atoms with E-state index in [9.17, 15) is 8.42 Å². The fourth-order valence-electron chi connectivity index (χ4n) is 2.30. The third-order valence-corrected chi connectivity index (χ3v) is 6.89. The van der Waals surface area contributed by atoms with Gasteiger partial charge in [0.1, 0.15) is 4.21 Å². The molecule has 2 rings (SSSR count). The Morgan fingerprint density at radius 3 is 2.71 bits per heavy atom. The van der Waals surface area contributed by atoms with Crippen LogP contribution in [0.2, 0.25) is 0 Å². The predicted octanol–water partition coefficient (Wildman–Crippen LogP) is 2.90. The molecule has 1 fully saturated rings. The quantitative estimate of drug-likeness (QED) is 0.693. The Hall–Kier alpha value is -0.430. The third kappa shape index (κ3) is 5.36. The van der Waals surface area contributed by atoms with E-state index in [-0.39, 0.29) is 6.04 Å². The Kier molecular flexibility index (Phi) is 6.22. The summed E-state index contributed by atoms with van der Waals surface area (Å²) < 4.78 is 28.0. The van der Waals surface area contributed by atoms with Crippen molar-refractivity contribution in [2.24, 2.45) is 0 Å². The van der Waals surface area contributed by atoms with Crippen molar-refractivity contribution < 1.29 is 8.42 Å². The van der Waals surface area contributed by atoms with E-state index in [2.05, 4.69) is 17.0 Å². The molecule has 0 saturated heterocycles. The maximum Gasteiger partial charge on any atom is 0.250 e. The van der Waals surface area contributed by atoms with Gasteiger partial charge in [-0.2, -0.15) is 0 Å². The lowest BCUT2D eigenvalue weighted by Crippen LogP contribution is -2.33. The molecule has 0 aromatic carbocycles. The van der Waals surface area contributed by atoms with Crippen molar-refractivity contribution in [3.05, 3.63) is 17.0 Å². The van der Waals surface area contributed by atoms with Crippen molar-refractivity contribution >= 4 is 21.4 Å². The molecule has 1 saturated carbocycles. The second-order valence-corrected chi connectivity index (χ2v) is 8.82. The fourth-order valence-corrected chi connectivity index (χ4v) is 5.02. The smallest absolute Gasteiger partial charge is 0.250 e. The highest BCUT2D eigenvalue weighted by Gasteiger charge is 2.22. The van der Waals surface area contributed by atoms with Gasteiger partial charge in [0.2, 0.25) is 10.0 Å². The first-order valence-corrected chi connectivity index (χ1v) is 10.2. The molecule has 1 heterocycles. The van der Waals surface area contributed by atoms with Gasteiger partial charge >= 0.3 is 0 Å². The van der Waals surface area contributed by atoms with Crippen molar-refractivity contribution in [2.45, 2.75) is 68.7 Å². The molecule has 0 spiro atoms. The number of hydrogen-bond acceptors (Lipinski definition) is 4. The average molecular weight is 331 g/mol.